The number of rotatable bonds is 6. The van der Waals surface area contributed by atoms with Crippen molar-refractivity contribution in [1.29, 1.82) is 0 Å². The quantitative estimate of drug-likeness (QED) is 0.827. The molecule has 17 heavy (non-hydrogen) atoms. The van der Waals surface area contributed by atoms with E-state index in [0.29, 0.717) is 25.1 Å². The van der Waals surface area contributed by atoms with Gasteiger partial charge in [0.25, 0.3) is 0 Å². The number of hydrogen-bond acceptors (Lipinski definition) is 3. The molecule has 4 N–H and O–H groups in total. The molecule has 5 heteroatoms. The van der Waals surface area contributed by atoms with Crippen LogP contribution in [0.5, 0.6) is 5.75 Å². The molecule has 0 radical (unpaired) electrons. The van der Waals surface area contributed by atoms with Crippen LogP contribution >= 0.6 is 11.6 Å². The minimum atomic E-state index is -0.474. The van der Waals surface area contributed by atoms with Crippen LogP contribution in [0.2, 0.25) is 5.02 Å². The Morgan fingerprint density at radius 2 is 2.18 bits per heavy atom. The molecule has 0 heterocycles. The summed E-state index contributed by atoms with van der Waals surface area (Å²) in [6.45, 7) is 2.72. The van der Waals surface area contributed by atoms with Crippen LogP contribution in [0, 0.1) is 5.82 Å². The maximum atomic E-state index is 13.7. The number of hydrogen-bond donors (Lipinski definition) is 2. The zero-order valence-electron chi connectivity index (χ0n) is 9.88. The Hall–Kier alpha value is -0.840. The van der Waals surface area contributed by atoms with Crippen LogP contribution in [0.25, 0.3) is 0 Å². The number of ether oxygens (including phenoxy) is 1. The van der Waals surface area contributed by atoms with E-state index in [1.807, 2.05) is 0 Å². The SMILES string of the molecule is CCOc1c(F)cc([C@H](N)CCCN)cc1Cl. The first kappa shape index (κ1) is 14.2. The van der Waals surface area contributed by atoms with E-state index in [0.717, 1.165) is 6.42 Å². The van der Waals surface area contributed by atoms with Gasteiger partial charge in [0, 0.05) is 6.04 Å². The molecule has 0 saturated carbocycles. The van der Waals surface area contributed by atoms with Gasteiger partial charge in [-0.1, -0.05) is 11.6 Å². The second kappa shape index (κ2) is 6.79. The molecule has 0 aromatic heterocycles. The molecule has 1 aromatic rings. The van der Waals surface area contributed by atoms with Gasteiger partial charge in [-0.2, -0.15) is 0 Å². The summed E-state index contributed by atoms with van der Waals surface area (Å²) in [7, 11) is 0. The summed E-state index contributed by atoms with van der Waals surface area (Å²) < 4.78 is 18.8. The van der Waals surface area contributed by atoms with Crippen molar-refractivity contribution >= 4 is 11.6 Å². The Balaban J connectivity index is 2.89. The van der Waals surface area contributed by atoms with Crippen molar-refractivity contribution in [2.45, 2.75) is 25.8 Å². The maximum absolute atomic E-state index is 13.7. The highest BCUT2D eigenvalue weighted by molar-refractivity contribution is 6.32. The standard InChI is InChI=1S/C12H18ClFN2O/c1-2-17-12-9(13)6-8(7-10(12)14)11(16)4-3-5-15/h6-7,11H,2-5,15-16H2,1H3/t11-/m1/s1. The third-order valence-electron chi connectivity index (χ3n) is 2.46. The zero-order valence-corrected chi connectivity index (χ0v) is 10.6. The fourth-order valence-corrected chi connectivity index (χ4v) is 1.85. The highest BCUT2D eigenvalue weighted by Gasteiger charge is 2.14. The smallest absolute Gasteiger partial charge is 0.173 e. The molecule has 96 valence electrons. The van der Waals surface area contributed by atoms with Gasteiger partial charge in [-0.15, -0.1) is 0 Å². The van der Waals surface area contributed by atoms with Gasteiger partial charge in [0.1, 0.15) is 0 Å². The maximum Gasteiger partial charge on any atom is 0.173 e. The van der Waals surface area contributed by atoms with Crippen molar-refractivity contribution in [3.05, 3.63) is 28.5 Å². The molecule has 1 atom stereocenters. The molecule has 1 rings (SSSR count). The van der Waals surface area contributed by atoms with E-state index in [1.54, 1.807) is 13.0 Å². The molecule has 1 aromatic carbocycles. The first-order chi connectivity index (χ1) is 8.10. The molecule has 0 bridgehead atoms. The predicted molar refractivity (Wildman–Crippen MR) is 67.8 cm³/mol. The van der Waals surface area contributed by atoms with Gasteiger partial charge in [0.05, 0.1) is 11.6 Å². The van der Waals surface area contributed by atoms with Crippen LogP contribution in [-0.2, 0) is 0 Å². The summed E-state index contributed by atoms with van der Waals surface area (Å²) in [5, 5.41) is 0.255. The van der Waals surface area contributed by atoms with Crippen molar-refractivity contribution in [2.75, 3.05) is 13.2 Å². The first-order valence-corrected chi connectivity index (χ1v) is 6.05. The lowest BCUT2D eigenvalue weighted by molar-refractivity contribution is 0.321. The van der Waals surface area contributed by atoms with Gasteiger partial charge in [-0.3, -0.25) is 0 Å². The molecule has 0 spiro atoms. The van der Waals surface area contributed by atoms with Gasteiger partial charge in [0.2, 0.25) is 0 Å². The molecule has 0 aliphatic carbocycles. The van der Waals surface area contributed by atoms with E-state index in [4.69, 9.17) is 27.8 Å². The van der Waals surface area contributed by atoms with Gasteiger partial charge in [-0.25, -0.2) is 4.39 Å². The number of benzene rings is 1. The Bertz CT molecular complexity index is 351. The predicted octanol–water partition coefficient (Wildman–Crippen LogP) is 2.62. The largest absolute Gasteiger partial charge is 0.489 e. The van der Waals surface area contributed by atoms with Crippen molar-refractivity contribution in [3.8, 4) is 5.75 Å². The van der Waals surface area contributed by atoms with E-state index in [9.17, 15) is 4.39 Å². The molecule has 3 nitrogen and oxygen atoms in total. The lowest BCUT2D eigenvalue weighted by Gasteiger charge is -2.14. The second-order valence-corrected chi connectivity index (χ2v) is 4.19. The van der Waals surface area contributed by atoms with E-state index < -0.39 is 5.82 Å². The fourth-order valence-electron chi connectivity index (χ4n) is 1.58. The molecule has 0 aliphatic rings. The minimum Gasteiger partial charge on any atom is -0.489 e. The van der Waals surface area contributed by atoms with Crippen molar-refractivity contribution in [1.82, 2.24) is 0 Å². The summed E-state index contributed by atoms with van der Waals surface area (Å²) in [4.78, 5) is 0. The highest BCUT2D eigenvalue weighted by Crippen LogP contribution is 2.31. The molecule has 0 amide bonds. The lowest BCUT2D eigenvalue weighted by atomic mass is 10.0. The van der Waals surface area contributed by atoms with E-state index >= 15 is 0 Å². The van der Waals surface area contributed by atoms with E-state index in [-0.39, 0.29) is 16.8 Å². The Labute approximate surface area is 106 Å². The van der Waals surface area contributed by atoms with Gasteiger partial charge in [0.15, 0.2) is 11.6 Å². The highest BCUT2D eigenvalue weighted by atomic mass is 35.5. The monoisotopic (exact) mass is 260 g/mol. The summed E-state index contributed by atoms with van der Waals surface area (Å²) in [5.74, 6) is -0.388. The van der Waals surface area contributed by atoms with Crippen LogP contribution in [0.1, 0.15) is 31.4 Å². The Morgan fingerprint density at radius 1 is 1.47 bits per heavy atom. The summed E-state index contributed by atoms with van der Waals surface area (Å²) in [6, 6.07) is 2.77. The molecule has 0 aliphatic heterocycles. The van der Waals surface area contributed by atoms with Gasteiger partial charge >= 0.3 is 0 Å². The molecular formula is C12H18ClFN2O. The van der Waals surface area contributed by atoms with Crippen LogP contribution in [0.4, 0.5) is 4.39 Å². The molecule has 0 saturated heterocycles. The van der Waals surface area contributed by atoms with E-state index in [2.05, 4.69) is 0 Å². The topological polar surface area (TPSA) is 61.3 Å². The van der Waals surface area contributed by atoms with Crippen LogP contribution < -0.4 is 16.2 Å². The van der Waals surface area contributed by atoms with Crippen LogP contribution in [0.15, 0.2) is 12.1 Å². The fraction of sp³-hybridized carbons (Fsp3) is 0.500. The summed E-state index contributed by atoms with van der Waals surface area (Å²) in [6.07, 6.45) is 1.51. The van der Waals surface area contributed by atoms with Crippen LogP contribution in [0.3, 0.4) is 0 Å². The average molecular weight is 261 g/mol. The zero-order chi connectivity index (χ0) is 12.8. The van der Waals surface area contributed by atoms with Crippen molar-refractivity contribution in [2.24, 2.45) is 11.5 Å². The molecule has 0 unspecified atom stereocenters. The van der Waals surface area contributed by atoms with Crippen molar-refractivity contribution < 1.29 is 9.13 Å². The third kappa shape index (κ3) is 3.84. The lowest BCUT2D eigenvalue weighted by Crippen LogP contribution is -2.13. The number of halogens is 2. The Morgan fingerprint density at radius 3 is 2.71 bits per heavy atom. The number of nitrogens with two attached hydrogens (primary N) is 2. The second-order valence-electron chi connectivity index (χ2n) is 3.78. The third-order valence-corrected chi connectivity index (χ3v) is 2.74. The summed E-state index contributed by atoms with van der Waals surface area (Å²) in [5.41, 5.74) is 12.0. The average Bonchev–Trinajstić information content (AvgIpc) is 2.30. The molecular weight excluding hydrogens is 243 g/mol. The normalized spacial score (nSPS) is 12.5. The Kier molecular flexibility index (Phi) is 5.68. The van der Waals surface area contributed by atoms with Gasteiger partial charge < -0.3 is 16.2 Å². The van der Waals surface area contributed by atoms with E-state index in [1.165, 1.54) is 6.07 Å². The van der Waals surface area contributed by atoms with Crippen LogP contribution in [-0.4, -0.2) is 13.2 Å². The van der Waals surface area contributed by atoms with Crippen molar-refractivity contribution in [3.63, 3.8) is 0 Å². The minimum absolute atomic E-state index is 0.0870. The van der Waals surface area contributed by atoms with Gasteiger partial charge in [-0.05, 0) is 44.0 Å². The molecule has 0 fully saturated rings. The first-order valence-electron chi connectivity index (χ1n) is 5.67. The summed E-state index contributed by atoms with van der Waals surface area (Å²) >= 11 is 5.95.